The molecule has 21 heavy (non-hydrogen) atoms. The molecule has 0 unspecified atom stereocenters. The molecule has 0 radical (unpaired) electrons. The molecule has 0 atom stereocenters. The molecule has 0 aromatic heterocycles. The predicted octanol–water partition coefficient (Wildman–Crippen LogP) is 1.06. The molecule has 1 aromatic rings. The maximum absolute atomic E-state index is 12.3. The Labute approximate surface area is 132 Å². The zero-order valence-electron chi connectivity index (χ0n) is 12.4. The molecule has 2 N–H and O–H groups in total. The first-order valence-corrected chi connectivity index (χ1v) is 8.80. The molecule has 7 heteroatoms. The number of methoxy groups -OCH3 is 1. The van der Waals surface area contributed by atoms with Crippen molar-refractivity contribution in [1.82, 2.24) is 4.90 Å². The zero-order valence-corrected chi connectivity index (χ0v) is 14.0. The second-order valence-corrected chi connectivity index (χ2v) is 7.18. The van der Waals surface area contributed by atoms with Crippen molar-refractivity contribution in [3.8, 4) is 0 Å². The second kappa shape index (κ2) is 8.43. The SMILES string of the molecule is CCN(CCOC)CCS(=O)(=O)c1ccc(C(N)=S)cc1. The number of rotatable bonds is 9. The summed E-state index contributed by atoms with van der Waals surface area (Å²) in [6.45, 7) is 4.59. The standard InChI is InChI=1S/C14H22N2O3S2/c1-3-16(8-10-19-2)9-11-21(17,18)13-6-4-12(5-7-13)14(15)20/h4-7H,3,8-11H2,1-2H3,(H2,15,20). The van der Waals surface area contributed by atoms with Gasteiger partial charge in [0.1, 0.15) is 4.99 Å². The van der Waals surface area contributed by atoms with Gasteiger partial charge in [-0.1, -0.05) is 31.3 Å². The molecule has 0 heterocycles. The summed E-state index contributed by atoms with van der Waals surface area (Å²) in [6, 6.07) is 6.37. The van der Waals surface area contributed by atoms with E-state index in [2.05, 4.69) is 0 Å². The van der Waals surface area contributed by atoms with Gasteiger partial charge in [0.15, 0.2) is 9.84 Å². The van der Waals surface area contributed by atoms with E-state index in [9.17, 15) is 8.42 Å². The number of ether oxygens (including phenoxy) is 1. The lowest BCUT2D eigenvalue weighted by molar-refractivity contribution is 0.154. The number of benzene rings is 1. The predicted molar refractivity (Wildman–Crippen MR) is 88.4 cm³/mol. The third-order valence-corrected chi connectivity index (χ3v) is 5.18. The lowest BCUT2D eigenvalue weighted by atomic mass is 10.2. The van der Waals surface area contributed by atoms with Crippen LogP contribution < -0.4 is 5.73 Å². The Morgan fingerprint density at radius 3 is 2.38 bits per heavy atom. The van der Waals surface area contributed by atoms with Crippen LogP contribution in [-0.2, 0) is 14.6 Å². The van der Waals surface area contributed by atoms with E-state index in [1.54, 1.807) is 31.4 Å². The van der Waals surface area contributed by atoms with Crippen LogP contribution >= 0.6 is 12.2 Å². The topological polar surface area (TPSA) is 72.6 Å². The van der Waals surface area contributed by atoms with Crippen molar-refractivity contribution < 1.29 is 13.2 Å². The van der Waals surface area contributed by atoms with Gasteiger partial charge < -0.3 is 15.4 Å². The van der Waals surface area contributed by atoms with Gasteiger partial charge in [0.25, 0.3) is 0 Å². The fraction of sp³-hybridized carbons (Fsp3) is 0.500. The summed E-state index contributed by atoms with van der Waals surface area (Å²) < 4.78 is 29.6. The average molecular weight is 330 g/mol. The Kier molecular flexibility index (Phi) is 7.24. The zero-order chi connectivity index (χ0) is 15.9. The highest BCUT2D eigenvalue weighted by Gasteiger charge is 2.16. The van der Waals surface area contributed by atoms with Gasteiger partial charge >= 0.3 is 0 Å². The van der Waals surface area contributed by atoms with Gasteiger partial charge in [-0.25, -0.2) is 8.42 Å². The summed E-state index contributed by atoms with van der Waals surface area (Å²) in [6.07, 6.45) is 0. The maximum Gasteiger partial charge on any atom is 0.179 e. The fourth-order valence-corrected chi connectivity index (χ4v) is 3.26. The van der Waals surface area contributed by atoms with E-state index in [-0.39, 0.29) is 10.7 Å². The molecule has 118 valence electrons. The van der Waals surface area contributed by atoms with Gasteiger partial charge in [-0.15, -0.1) is 0 Å². The van der Waals surface area contributed by atoms with Gasteiger partial charge in [-0.2, -0.15) is 0 Å². The second-order valence-electron chi connectivity index (χ2n) is 4.63. The summed E-state index contributed by atoms with van der Waals surface area (Å²) in [5.41, 5.74) is 6.17. The lowest BCUT2D eigenvalue weighted by Crippen LogP contribution is -2.32. The minimum atomic E-state index is -3.30. The largest absolute Gasteiger partial charge is 0.389 e. The number of hydrogen-bond acceptors (Lipinski definition) is 5. The van der Waals surface area contributed by atoms with Crippen LogP contribution in [0.3, 0.4) is 0 Å². The van der Waals surface area contributed by atoms with Crippen LogP contribution in [0.25, 0.3) is 0 Å². The molecule has 0 aliphatic carbocycles. The van der Waals surface area contributed by atoms with Crippen molar-refractivity contribution in [2.24, 2.45) is 5.73 Å². The van der Waals surface area contributed by atoms with Crippen LogP contribution in [0.5, 0.6) is 0 Å². The summed E-state index contributed by atoms with van der Waals surface area (Å²) >= 11 is 4.85. The average Bonchev–Trinajstić information content (AvgIpc) is 2.47. The van der Waals surface area contributed by atoms with Crippen molar-refractivity contribution in [3.05, 3.63) is 29.8 Å². The van der Waals surface area contributed by atoms with E-state index < -0.39 is 9.84 Å². The Bertz CT molecular complexity index is 556. The molecule has 1 aromatic carbocycles. The Hall–Kier alpha value is -1.02. The summed E-state index contributed by atoms with van der Waals surface area (Å²) in [7, 11) is -1.67. The van der Waals surface area contributed by atoms with Crippen molar-refractivity contribution >= 4 is 27.0 Å². The van der Waals surface area contributed by atoms with E-state index in [0.717, 1.165) is 13.1 Å². The van der Waals surface area contributed by atoms with Gasteiger partial charge in [-0.05, 0) is 18.7 Å². The highest BCUT2D eigenvalue weighted by Crippen LogP contribution is 2.13. The van der Waals surface area contributed by atoms with E-state index in [1.165, 1.54) is 0 Å². The van der Waals surface area contributed by atoms with Crippen molar-refractivity contribution in [1.29, 1.82) is 0 Å². The Morgan fingerprint density at radius 2 is 1.90 bits per heavy atom. The molecule has 0 aliphatic heterocycles. The number of nitrogens with zero attached hydrogens (tertiary/aromatic N) is 1. The van der Waals surface area contributed by atoms with Crippen LogP contribution in [0.1, 0.15) is 12.5 Å². The highest BCUT2D eigenvalue weighted by molar-refractivity contribution is 7.91. The molecule has 1 rings (SSSR count). The Morgan fingerprint density at radius 1 is 1.29 bits per heavy atom. The molecular formula is C14H22N2O3S2. The van der Waals surface area contributed by atoms with Crippen molar-refractivity contribution in [3.63, 3.8) is 0 Å². The number of likely N-dealkylation sites (N-methyl/N-ethyl adjacent to an activating group) is 1. The molecule has 5 nitrogen and oxygen atoms in total. The molecule has 0 amide bonds. The first-order valence-electron chi connectivity index (χ1n) is 6.74. The first-order chi connectivity index (χ1) is 9.90. The van der Waals surface area contributed by atoms with Gasteiger partial charge in [-0.3, -0.25) is 0 Å². The number of sulfone groups is 1. The third-order valence-electron chi connectivity index (χ3n) is 3.23. The number of hydrogen-bond donors (Lipinski definition) is 1. The fourth-order valence-electron chi connectivity index (χ4n) is 1.84. The molecule has 0 bridgehead atoms. The van der Waals surface area contributed by atoms with Crippen molar-refractivity contribution in [2.45, 2.75) is 11.8 Å². The quantitative estimate of drug-likeness (QED) is 0.683. The molecule has 0 saturated heterocycles. The lowest BCUT2D eigenvalue weighted by Gasteiger charge is -2.19. The molecule has 0 aliphatic rings. The molecule has 0 saturated carbocycles. The summed E-state index contributed by atoms with van der Waals surface area (Å²) in [5, 5.41) is 0. The number of thiocarbonyl (C=S) groups is 1. The molecule has 0 spiro atoms. The van der Waals surface area contributed by atoms with E-state index >= 15 is 0 Å². The minimum Gasteiger partial charge on any atom is -0.389 e. The monoisotopic (exact) mass is 330 g/mol. The third kappa shape index (κ3) is 5.70. The van der Waals surface area contributed by atoms with Crippen LogP contribution in [0.2, 0.25) is 0 Å². The van der Waals surface area contributed by atoms with Gasteiger partial charge in [0, 0.05) is 25.8 Å². The highest BCUT2D eigenvalue weighted by atomic mass is 32.2. The number of nitrogens with two attached hydrogens (primary N) is 1. The Balaban J connectivity index is 2.70. The van der Waals surface area contributed by atoms with E-state index in [4.69, 9.17) is 22.7 Å². The molecule has 0 fully saturated rings. The molecular weight excluding hydrogens is 308 g/mol. The maximum atomic E-state index is 12.3. The van der Waals surface area contributed by atoms with Gasteiger partial charge in [0.05, 0.1) is 17.3 Å². The van der Waals surface area contributed by atoms with Crippen LogP contribution in [-0.4, -0.2) is 57.4 Å². The minimum absolute atomic E-state index is 0.0803. The van der Waals surface area contributed by atoms with Gasteiger partial charge in [0.2, 0.25) is 0 Å². The summed E-state index contributed by atoms with van der Waals surface area (Å²) in [4.78, 5) is 2.60. The van der Waals surface area contributed by atoms with Crippen LogP contribution in [0, 0.1) is 0 Å². The smallest absolute Gasteiger partial charge is 0.179 e. The van der Waals surface area contributed by atoms with Crippen LogP contribution in [0.15, 0.2) is 29.2 Å². The normalized spacial score (nSPS) is 11.8. The van der Waals surface area contributed by atoms with E-state index in [0.29, 0.717) is 23.6 Å². The van der Waals surface area contributed by atoms with Crippen molar-refractivity contribution in [2.75, 3.05) is 39.1 Å². The first kappa shape index (κ1) is 18.0. The van der Waals surface area contributed by atoms with Crippen LogP contribution in [0.4, 0.5) is 0 Å². The van der Waals surface area contributed by atoms with E-state index in [1.807, 2.05) is 11.8 Å². The summed E-state index contributed by atoms with van der Waals surface area (Å²) in [5.74, 6) is 0.0803.